The summed E-state index contributed by atoms with van der Waals surface area (Å²) in [7, 11) is 1.57. The zero-order valence-electron chi connectivity index (χ0n) is 8.71. The predicted octanol–water partition coefficient (Wildman–Crippen LogP) is 4.26. The Bertz CT molecular complexity index is 497. The molecule has 0 aliphatic carbocycles. The summed E-state index contributed by atoms with van der Waals surface area (Å²) in [6.07, 6.45) is 0. The van der Waals surface area contributed by atoms with Crippen molar-refractivity contribution in [2.75, 3.05) is 7.11 Å². The summed E-state index contributed by atoms with van der Waals surface area (Å²) in [5, 5.41) is 0. The summed E-state index contributed by atoms with van der Waals surface area (Å²) in [4.78, 5) is 0. The fourth-order valence-corrected chi connectivity index (χ4v) is 2.19. The third kappa shape index (κ3) is 2.09. The van der Waals surface area contributed by atoms with Crippen LogP contribution in [0.3, 0.4) is 0 Å². The first-order valence-corrected chi connectivity index (χ1v) is 5.60. The molecule has 0 spiro atoms. The lowest BCUT2D eigenvalue weighted by Crippen LogP contribution is -1.91. The van der Waals surface area contributed by atoms with Crippen LogP contribution >= 0.6 is 15.9 Å². The van der Waals surface area contributed by atoms with Crippen LogP contribution in [0, 0.1) is 5.82 Å². The molecule has 3 heteroatoms. The van der Waals surface area contributed by atoms with Crippen molar-refractivity contribution >= 4 is 15.9 Å². The number of hydrogen-bond acceptors (Lipinski definition) is 1. The lowest BCUT2D eigenvalue weighted by Gasteiger charge is -2.10. The summed E-state index contributed by atoms with van der Waals surface area (Å²) in [5.41, 5.74) is 1.68. The van der Waals surface area contributed by atoms with Crippen molar-refractivity contribution in [3.05, 3.63) is 52.8 Å². The number of rotatable bonds is 2. The average molecular weight is 281 g/mol. The molecular formula is C13H10BrFO. The van der Waals surface area contributed by atoms with Crippen LogP contribution in [0.4, 0.5) is 4.39 Å². The molecule has 0 aromatic heterocycles. The Hall–Kier alpha value is -1.35. The Morgan fingerprint density at radius 2 is 1.81 bits per heavy atom. The highest BCUT2D eigenvalue weighted by molar-refractivity contribution is 9.10. The van der Waals surface area contributed by atoms with Gasteiger partial charge in [-0.1, -0.05) is 30.3 Å². The second-order valence-corrected chi connectivity index (χ2v) is 4.19. The summed E-state index contributed by atoms with van der Waals surface area (Å²) >= 11 is 3.29. The number of methoxy groups -OCH3 is 1. The normalized spacial score (nSPS) is 10.2. The van der Waals surface area contributed by atoms with E-state index in [0.29, 0.717) is 10.2 Å². The Labute approximate surface area is 102 Å². The van der Waals surface area contributed by atoms with Crippen molar-refractivity contribution in [2.45, 2.75) is 0 Å². The minimum Gasteiger partial charge on any atom is -0.495 e. The van der Waals surface area contributed by atoms with E-state index in [1.807, 2.05) is 30.3 Å². The van der Waals surface area contributed by atoms with E-state index in [0.717, 1.165) is 11.1 Å². The van der Waals surface area contributed by atoms with Gasteiger partial charge in [0.25, 0.3) is 0 Å². The highest BCUT2D eigenvalue weighted by atomic mass is 79.9. The molecule has 2 rings (SSSR count). The van der Waals surface area contributed by atoms with Gasteiger partial charge in [-0.2, -0.15) is 0 Å². The van der Waals surface area contributed by atoms with Gasteiger partial charge in [-0.15, -0.1) is 0 Å². The minimum atomic E-state index is -0.286. The molecule has 0 bridgehead atoms. The number of ether oxygens (including phenoxy) is 1. The Balaban J connectivity index is 2.64. The maximum atomic E-state index is 13.3. The molecule has 0 heterocycles. The molecule has 1 nitrogen and oxygen atoms in total. The maximum Gasteiger partial charge on any atom is 0.141 e. The smallest absolute Gasteiger partial charge is 0.141 e. The molecule has 0 saturated heterocycles. The molecule has 0 N–H and O–H groups in total. The summed E-state index contributed by atoms with van der Waals surface area (Å²) < 4.78 is 19.2. The van der Waals surface area contributed by atoms with Gasteiger partial charge in [-0.3, -0.25) is 0 Å². The van der Waals surface area contributed by atoms with Crippen LogP contribution in [-0.4, -0.2) is 7.11 Å². The van der Waals surface area contributed by atoms with Gasteiger partial charge in [-0.25, -0.2) is 4.39 Å². The van der Waals surface area contributed by atoms with Crippen molar-refractivity contribution in [3.8, 4) is 16.9 Å². The van der Waals surface area contributed by atoms with E-state index >= 15 is 0 Å². The van der Waals surface area contributed by atoms with Gasteiger partial charge in [0.05, 0.1) is 11.6 Å². The second kappa shape index (κ2) is 4.66. The van der Waals surface area contributed by atoms with Crippen molar-refractivity contribution in [3.63, 3.8) is 0 Å². The maximum absolute atomic E-state index is 13.3. The van der Waals surface area contributed by atoms with Crippen LogP contribution in [0.25, 0.3) is 11.1 Å². The zero-order valence-corrected chi connectivity index (χ0v) is 10.3. The first kappa shape index (κ1) is 11.1. The quantitative estimate of drug-likeness (QED) is 0.799. The standard InChI is InChI=1S/C13H10BrFO/c1-16-13-11(7-10(15)8-12(13)14)9-5-3-2-4-6-9/h2-8H,1H3. The molecular weight excluding hydrogens is 271 g/mol. The molecule has 82 valence electrons. The van der Waals surface area contributed by atoms with Crippen LogP contribution in [0.5, 0.6) is 5.75 Å². The lowest BCUT2D eigenvalue weighted by molar-refractivity contribution is 0.412. The van der Waals surface area contributed by atoms with Gasteiger partial charge in [-0.05, 0) is 33.6 Å². The van der Waals surface area contributed by atoms with Gasteiger partial charge in [0.15, 0.2) is 0 Å². The number of benzene rings is 2. The molecule has 0 amide bonds. The van der Waals surface area contributed by atoms with E-state index in [9.17, 15) is 4.39 Å². The lowest BCUT2D eigenvalue weighted by atomic mass is 10.0. The highest BCUT2D eigenvalue weighted by Gasteiger charge is 2.11. The van der Waals surface area contributed by atoms with E-state index < -0.39 is 0 Å². The van der Waals surface area contributed by atoms with Gasteiger partial charge in [0.1, 0.15) is 11.6 Å². The SMILES string of the molecule is COc1c(Br)cc(F)cc1-c1ccccc1. The monoisotopic (exact) mass is 280 g/mol. The van der Waals surface area contributed by atoms with Gasteiger partial charge in [0, 0.05) is 5.56 Å². The summed E-state index contributed by atoms with van der Waals surface area (Å²) in [6.45, 7) is 0. The first-order chi connectivity index (χ1) is 7.72. The molecule has 16 heavy (non-hydrogen) atoms. The van der Waals surface area contributed by atoms with E-state index in [2.05, 4.69) is 15.9 Å². The van der Waals surface area contributed by atoms with Gasteiger partial charge >= 0.3 is 0 Å². The topological polar surface area (TPSA) is 9.23 Å². The zero-order chi connectivity index (χ0) is 11.5. The third-order valence-corrected chi connectivity index (χ3v) is 2.89. The Kier molecular flexibility index (Phi) is 3.25. The van der Waals surface area contributed by atoms with E-state index in [-0.39, 0.29) is 5.82 Å². The van der Waals surface area contributed by atoms with Crippen LogP contribution < -0.4 is 4.74 Å². The second-order valence-electron chi connectivity index (χ2n) is 3.33. The molecule has 0 radical (unpaired) electrons. The summed E-state index contributed by atoms with van der Waals surface area (Å²) in [6, 6.07) is 12.4. The van der Waals surface area contributed by atoms with Crippen molar-refractivity contribution in [2.24, 2.45) is 0 Å². The number of hydrogen-bond donors (Lipinski definition) is 0. The van der Waals surface area contributed by atoms with Gasteiger partial charge in [0.2, 0.25) is 0 Å². The Morgan fingerprint density at radius 3 is 2.44 bits per heavy atom. The fourth-order valence-electron chi connectivity index (χ4n) is 1.60. The first-order valence-electron chi connectivity index (χ1n) is 4.81. The van der Waals surface area contributed by atoms with Crippen LogP contribution in [-0.2, 0) is 0 Å². The molecule has 0 aliphatic rings. The molecule has 2 aromatic carbocycles. The Morgan fingerprint density at radius 1 is 1.12 bits per heavy atom. The van der Waals surface area contributed by atoms with Crippen LogP contribution in [0.2, 0.25) is 0 Å². The fraction of sp³-hybridized carbons (Fsp3) is 0.0769. The van der Waals surface area contributed by atoms with Crippen LogP contribution in [0.1, 0.15) is 0 Å². The number of halogens is 2. The highest BCUT2D eigenvalue weighted by Crippen LogP contribution is 2.36. The van der Waals surface area contributed by atoms with Crippen molar-refractivity contribution in [1.29, 1.82) is 0 Å². The molecule has 0 saturated carbocycles. The van der Waals surface area contributed by atoms with E-state index in [1.165, 1.54) is 12.1 Å². The third-order valence-electron chi connectivity index (χ3n) is 2.30. The van der Waals surface area contributed by atoms with E-state index in [4.69, 9.17) is 4.74 Å². The van der Waals surface area contributed by atoms with E-state index in [1.54, 1.807) is 7.11 Å². The largest absolute Gasteiger partial charge is 0.495 e. The molecule has 0 unspecified atom stereocenters. The van der Waals surface area contributed by atoms with Crippen molar-refractivity contribution < 1.29 is 9.13 Å². The predicted molar refractivity (Wildman–Crippen MR) is 66.1 cm³/mol. The average Bonchev–Trinajstić information content (AvgIpc) is 2.29. The minimum absolute atomic E-state index is 0.286. The molecule has 0 atom stereocenters. The molecule has 2 aromatic rings. The summed E-state index contributed by atoms with van der Waals surface area (Å²) in [5.74, 6) is 0.360. The van der Waals surface area contributed by atoms with Crippen LogP contribution in [0.15, 0.2) is 46.9 Å². The molecule has 0 aliphatic heterocycles. The molecule has 0 fully saturated rings. The van der Waals surface area contributed by atoms with Gasteiger partial charge < -0.3 is 4.74 Å². The van der Waals surface area contributed by atoms with Crippen molar-refractivity contribution in [1.82, 2.24) is 0 Å².